The Labute approximate surface area is 167 Å². The van der Waals surface area contributed by atoms with Crippen molar-refractivity contribution in [2.45, 2.75) is 24.3 Å². The van der Waals surface area contributed by atoms with Gasteiger partial charge in [-0.05, 0) is 23.3 Å². The Morgan fingerprint density at radius 2 is 1.79 bits per heavy atom. The van der Waals surface area contributed by atoms with Crippen LogP contribution in [0.4, 0.5) is 4.39 Å². The van der Waals surface area contributed by atoms with Gasteiger partial charge in [-0.3, -0.25) is 4.79 Å². The minimum Gasteiger partial charge on any atom is -0.342 e. The normalized spacial score (nSPS) is 24.5. The van der Waals surface area contributed by atoms with Crippen LogP contribution < -0.4 is 0 Å². The summed E-state index contributed by atoms with van der Waals surface area (Å²) in [5.74, 6) is -0.445. The molecule has 2 aliphatic heterocycles. The van der Waals surface area contributed by atoms with Crippen LogP contribution in [0.5, 0.6) is 0 Å². The summed E-state index contributed by atoms with van der Waals surface area (Å²) >= 11 is 1.35. The number of benzene rings is 2. The van der Waals surface area contributed by atoms with Crippen LogP contribution in [-0.4, -0.2) is 47.2 Å². The molecule has 2 aromatic carbocycles. The van der Waals surface area contributed by atoms with Gasteiger partial charge in [0.2, 0.25) is 0 Å². The van der Waals surface area contributed by atoms with Gasteiger partial charge in [0, 0.05) is 11.8 Å². The number of carbonyl (C=O) groups is 1. The van der Waals surface area contributed by atoms with E-state index in [2.05, 4.69) is 4.99 Å². The summed E-state index contributed by atoms with van der Waals surface area (Å²) in [6, 6.07) is 15.2. The van der Waals surface area contributed by atoms with Crippen LogP contribution in [0, 0.1) is 5.82 Å². The maximum Gasteiger partial charge on any atom is 0.252 e. The molecule has 0 N–H and O–H groups in total. The van der Waals surface area contributed by atoms with Gasteiger partial charge in [-0.25, -0.2) is 12.8 Å². The minimum absolute atomic E-state index is 0.0533. The van der Waals surface area contributed by atoms with Crippen LogP contribution in [0.1, 0.15) is 11.1 Å². The molecule has 2 fully saturated rings. The van der Waals surface area contributed by atoms with E-state index in [0.29, 0.717) is 11.7 Å². The molecule has 8 heteroatoms. The van der Waals surface area contributed by atoms with Crippen molar-refractivity contribution in [1.29, 1.82) is 0 Å². The van der Waals surface area contributed by atoms with Gasteiger partial charge in [0.15, 0.2) is 15.0 Å². The summed E-state index contributed by atoms with van der Waals surface area (Å²) in [4.78, 5) is 18.6. The quantitative estimate of drug-likeness (QED) is 0.764. The van der Waals surface area contributed by atoms with Crippen molar-refractivity contribution in [2.75, 3.05) is 11.5 Å². The van der Waals surface area contributed by atoms with E-state index >= 15 is 0 Å². The number of nitrogens with zero attached hydrogens (tertiary/aromatic N) is 2. The van der Waals surface area contributed by atoms with Crippen molar-refractivity contribution in [3.8, 4) is 0 Å². The highest BCUT2D eigenvalue weighted by molar-refractivity contribution is 8.15. The van der Waals surface area contributed by atoms with Crippen LogP contribution in [0.2, 0.25) is 0 Å². The Balaban J connectivity index is 1.57. The topological polar surface area (TPSA) is 66.8 Å². The van der Waals surface area contributed by atoms with E-state index in [-0.39, 0.29) is 40.9 Å². The van der Waals surface area contributed by atoms with Gasteiger partial charge < -0.3 is 4.90 Å². The van der Waals surface area contributed by atoms with Gasteiger partial charge in [-0.2, -0.15) is 4.99 Å². The molecule has 0 radical (unpaired) electrons. The molecule has 0 unspecified atom stereocenters. The maximum absolute atomic E-state index is 13.2. The van der Waals surface area contributed by atoms with Crippen LogP contribution >= 0.6 is 11.8 Å². The number of aliphatic imine (C=N–C) groups is 1. The minimum atomic E-state index is -3.10. The fourth-order valence-corrected chi connectivity index (χ4v) is 7.49. The standard InChI is InChI=1S/C20H19FN2O3S2/c21-16-8-6-15(7-9-16)11-23-17-12-28(25,26)13-18(17)27-20(23)22-19(24)10-14-4-2-1-3-5-14/h1-9,17-18H,10-13H2/t17-,18-/m0/s1. The summed E-state index contributed by atoms with van der Waals surface area (Å²) < 4.78 is 37.3. The van der Waals surface area contributed by atoms with Crippen molar-refractivity contribution in [2.24, 2.45) is 4.99 Å². The first-order chi connectivity index (χ1) is 13.4. The molecular weight excluding hydrogens is 399 g/mol. The average Bonchev–Trinajstić information content (AvgIpc) is 3.10. The highest BCUT2D eigenvalue weighted by Gasteiger charge is 2.48. The van der Waals surface area contributed by atoms with Crippen LogP contribution in [0.15, 0.2) is 59.6 Å². The predicted molar refractivity (Wildman–Crippen MR) is 108 cm³/mol. The average molecular weight is 419 g/mol. The second kappa shape index (κ2) is 7.67. The van der Waals surface area contributed by atoms with Crippen molar-refractivity contribution in [3.05, 3.63) is 71.5 Å². The first-order valence-corrected chi connectivity index (χ1v) is 11.6. The molecule has 2 aromatic rings. The monoisotopic (exact) mass is 418 g/mol. The molecule has 28 heavy (non-hydrogen) atoms. The third-order valence-electron chi connectivity index (χ3n) is 4.86. The zero-order valence-electron chi connectivity index (χ0n) is 15.0. The first-order valence-electron chi connectivity index (χ1n) is 8.93. The van der Waals surface area contributed by atoms with Gasteiger partial charge in [0.05, 0.1) is 24.0 Å². The highest BCUT2D eigenvalue weighted by atomic mass is 32.2. The smallest absolute Gasteiger partial charge is 0.252 e. The second-order valence-corrected chi connectivity index (χ2v) is 10.4. The van der Waals surface area contributed by atoms with E-state index in [0.717, 1.165) is 11.1 Å². The van der Waals surface area contributed by atoms with Crippen molar-refractivity contribution >= 4 is 32.7 Å². The zero-order valence-corrected chi connectivity index (χ0v) is 16.6. The van der Waals surface area contributed by atoms with Gasteiger partial charge in [0.25, 0.3) is 5.91 Å². The number of rotatable bonds is 4. The molecule has 1 amide bonds. The zero-order chi connectivity index (χ0) is 19.7. The molecular formula is C20H19FN2O3S2. The number of sulfone groups is 1. The van der Waals surface area contributed by atoms with E-state index in [1.165, 1.54) is 23.9 Å². The van der Waals surface area contributed by atoms with Crippen molar-refractivity contribution in [1.82, 2.24) is 4.90 Å². The van der Waals surface area contributed by atoms with Gasteiger partial charge in [-0.1, -0.05) is 54.2 Å². The largest absolute Gasteiger partial charge is 0.342 e. The van der Waals surface area contributed by atoms with Gasteiger partial charge in [-0.15, -0.1) is 0 Å². The third-order valence-corrected chi connectivity index (χ3v) is 8.11. The summed E-state index contributed by atoms with van der Waals surface area (Å²) in [5.41, 5.74) is 1.72. The summed E-state index contributed by atoms with van der Waals surface area (Å²) in [6.07, 6.45) is 0.197. The molecule has 2 heterocycles. The third kappa shape index (κ3) is 4.28. The number of hydrogen-bond acceptors (Lipinski definition) is 4. The molecule has 0 spiro atoms. The fourth-order valence-electron chi connectivity index (χ4n) is 3.52. The molecule has 2 aliphatic rings. The lowest BCUT2D eigenvalue weighted by molar-refractivity contribution is -0.117. The molecule has 0 aromatic heterocycles. The Hall–Kier alpha value is -2.19. The number of amidine groups is 1. The number of thioether (sulfide) groups is 1. The number of carbonyl (C=O) groups excluding carboxylic acids is 1. The van der Waals surface area contributed by atoms with E-state index in [4.69, 9.17) is 0 Å². The van der Waals surface area contributed by atoms with E-state index in [1.54, 1.807) is 12.1 Å². The highest BCUT2D eigenvalue weighted by Crippen LogP contribution is 2.39. The summed E-state index contributed by atoms with van der Waals surface area (Å²) in [5, 5.41) is 0.420. The van der Waals surface area contributed by atoms with Crippen LogP contribution in [0.25, 0.3) is 0 Å². The van der Waals surface area contributed by atoms with Gasteiger partial charge >= 0.3 is 0 Å². The van der Waals surface area contributed by atoms with E-state index < -0.39 is 9.84 Å². The fraction of sp³-hybridized carbons (Fsp3) is 0.300. The maximum atomic E-state index is 13.2. The Bertz CT molecular complexity index is 1010. The van der Waals surface area contributed by atoms with E-state index in [1.807, 2.05) is 35.2 Å². The van der Waals surface area contributed by atoms with Crippen LogP contribution in [-0.2, 0) is 27.6 Å². The number of fused-ring (bicyclic) bond motifs is 1. The SMILES string of the molecule is O=C(Cc1ccccc1)N=C1S[C@H]2CS(=O)(=O)C[C@@H]2N1Cc1ccc(F)cc1. The summed E-state index contributed by atoms with van der Waals surface area (Å²) in [6.45, 7) is 0.390. The van der Waals surface area contributed by atoms with E-state index in [9.17, 15) is 17.6 Å². The molecule has 0 saturated carbocycles. The summed E-state index contributed by atoms with van der Waals surface area (Å²) in [7, 11) is -3.10. The molecule has 5 nitrogen and oxygen atoms in total. The predicted octanol–water partition coefficient (Wildman–Crippen LogP) is 2.67. The molecule has 2 saturated heterocycles. The second-order valence-electron chi connectivity index (χ2n) is 7.01. The lowest BCUT2D eigenvalue weighted by Crippen LogP contribution is -2.37. The Morgan fingerprint density at radius 1 is 1.07 bits per heavy atom. The number of hydrogen-bond donors (Lipinski definition) is 0. The van der Waals surface area contributed by atoms with Crippen molar-refractivity contribution < 1.29 is 17.6 Å². The lowest BCUT2D eigenvalue weighted by Gasteiger charge is -2.24. The lowest BCUT2D eigenvalue weighted by atomic mass is 10.1. The number of halogens is 1. The van der Waals surface area contributed by atoms with Crippen molar-refractivity contribution in [3.63, 3.8) is 0 Å². The molecule has 146 valence electrons. The Kier molecular flexibility index (Phi) is 5.25. The molecule has 0 bridgehead atoms. The first kappa shape index (κ1) is 19.1. The van der Waals surface area contributed by atoms with Crippen LogP contribution in [0.3, 0.4) is 0 Å². The molecule has 2 atom stereocenters. The Morgan fingerprint density at radius 3 is 2.50 bits per heavy atom. The molecule has 0 aliphatic carbocycles. The molecule has 4 rings (SSSR count). The van der Waals surface area contributed by atoms with Gasteiger partial charge in [0.1, 0.15) is 5.82 Å². The number of amides is 1.